The molecule has 0 amide bonds. The summed E-state index contributed by atoms with van der Waals surface area (Å²) >= 11 is 7.36. The fourth-order valence-corrected chi connectivity index (χ4v) is 0.574. The third kappa shape index (κ3) is 52.1. The highest BCUT2D eigenvalue weighted by Gasteiger charge is 1.88. The fourth-order valence-electron chi connectivity index (χ4n) is 0.191. The van der Waals surface area contributed by atoms with E-state index in [0.717, 1.165) is 0 Å². The summed E-state index contributed by atoms with van der Waals surface area (Å²) in [5, 5.41) is 15.7. The molecule has 0 atom stereocenters. The standard InChI is InChI=1S/2C3H6O2S.C2H2O2/c2*4-3(5)1-2-6;3-1-2-4/h2*6H,1-2H2,(H,4,5);1-2H. The van der Waals surface area contributed by atoms with E-state index in [1.54, 1.807) is 0 Å². The largest absolute Gasteiger partial charge is 0.481 e. The van der Waals surface area contributed by atoms with Gasteiger partial charge in [-0.25, -0.2) is 0 Å². The molecular formula is C8H14O6S2. The molecule has 0 bridgehead atoms. The fraction of sp³-hybridized carbons (Fsp3) is 0.500. The van der Waals surface area contributed by atoms with Gasteiger partial charge < -0.3 is 10.2 Å². The number of rotatable bonds is 5. The molecule has 94 valence electrons. The Morgan fingerprint density at radius 1 is 0.875 bits per heavy atom. The Morgan fingerprint density at radius 2 is 1.12 bits per heavy atom. The Hall–Kier alpha value is -1.02. The summed E-state index contributed by atoms with van der Waals surface area (Å²) in [4.78, 5) is 36.7. The molecule has 0 aromatic rings. The topological polar surface area (TPSA) is 109 Å². The first-order chi connectivity index (χ1) is 7.45. The van der Waals surface area contributed by atoms with Crippen molar-refractivity contribution in [3.8, 4) is 0 Å². The van der Waals surface area contributed by atoms with Crippen molar-refractivity contribution in [2.75, 3.05) is 11.5 Å². The van der Waals surface area contributed by atoms with Gasteiger partial charge in [-0.05, 0) is 0 Å². The minimum atomic E-state index is -0.787. The minimum Gasteiger partial charge on any atom is -0.481 e. The van der Waals surface area contributed by atoms with E-state index in [1.807, 2.05) is 0 Å². The highest BCUT2D eigenvalue weighted by atomic mass is 32.1. The van der Waals surface area contributed by atoms with Crippen molar-refractivity contribution in [2.24, 2.45) is 0 Å². The van der Waals surface area contributed by atoms with E-state index in [0.29, 0.717) is 11.5 Å². The monoisotopic (exact) mass is 270 g/mol. The van der Waals surface area contributed by atoms with Crippen LogP contribution in [0.4, 0.5) is 0 Å². The number of thiol groups is 2. The highest BCUT2D eigenvalue weighted by molar-refractivity contribution is 7.80. The SMILES string of the molecule is O=C(O)CCS.O=C(O)CCS.O=CC=O. The summed E-state index contributed by atoms with van der Waals surface area (Å²) in [6, 6.07) is 0. The first kappa shape index (κ1) is 20.4. The molecule has 0 unspecified atom stereocenters. The lowest BCUT2D eigenvalue weighted by Gasteiger charge is -1.79. The van der Waals surface area contributed by atoms with Crippen LogP contribution >= 0.6 is 25.3 Å². The Morgan fingerprint density at radius 3 is 1.12 bits per heavy atom. The second-order valence-electron chi connectivity index (χ2n) is 2.01. The molecule has 0 aliphatic carbocycles. The number of carboxylic acid groups (broad SMARTS) is 2. The Labute approximate surface area is 104 Å². The van der Waals surface area contributed by atoms with Crippen molar-refractivity contribution in [3.05, 3.63) is 0 Å². The van der Waals surface area contributed by atoms with Crippen LogP contribution in [-0.2, 0) is 19.2 Å². The molecule has 0 saturated carbocycles. The van der Waals surface area contributed by atoms with Gasteiger partial charge in [-0.2, -0.15) is 25.3 Å². The number of aldehydes is 2. The van der Waals surface area contributed by atoms with Gasteiger partial charge in [0, 0.05) is 11.5 Å². The highest BCUT2D eigenvalue weighted by Crippen LogP contribution is 1.80. The van der Waals surface area contributed by atoms with E-state index in [-0.39, 0.29) is 25.4 Å². The van der Waals surface area contributed by atoms with Crippen LogP contribution in [0.3, 0.4) is 0 Å². The maximum atomic E-state index is 9.55. The van der Waals surface area contributed by atoms with Crippen molar-refractivity contribution in [2.45, 2.75) is 12.8 Å². The summed E-state index contributed by atoms with van der Waals surface area (Å²) in [6.45, 7) is 0. The summed E-state index contributed by atoms with van der Waals surface area (Å²) in [6.07, 6.45) is 0.701. The van der Waals surface area contributed by atoms with Crippen molar-refractivity contribution in [1.29, 1.82) is 0 Å². The van der Waals surface area contributed by atoms with Crippen LogP contribution in [0.2, 0.25) is 0 Å². The lowest BCUT2D eigenvalue weighted by atomic mass is 10.5. The van der Waals surface area contributed by atoms with E-state index in [4.69, 9.17) is 19.8 Å². The number of carboxylic acids is 2. The number of carbonyl (C=O) groups is 4. The van der Waals surface area contributed by atoms with Crippen molar-refractivity contribution in [1.82, 2.24) is 0 Å². The predicted octanol–water partition coefficient (Wildman–Crippen LogP) is 0.166. The molecule has 8 heteroatoms. The molecule has 0 radical (unpaired) electrons. The van der Waals surface area contributed by atoms with E-state index in [9.17, 15) is 9.59 Å². The summed E-state index contributed by atoms with van der Waals surface area (Å²) in [5.74, 6) is -0.722. The molecular weight excluding hydrogens is 256 g/mol. The van der Waals surface area contributed by atoms with E-state index in [2.05, 4.69) is 25.3 Å². The van der Waals surface area contributed by atoms with Crippen LogP contribution in [0, 0.1) is 0 Å². The quantitative estimate of drug-likeness (QED) is 0.322. The minimum absolute atomic E-state index is 0.156. The lowest BCUT2D eigenvalue weighted by Crippen LogP contribution is -1.93. The second-order valence-corrected chi connectivity index (χ2v) is 2.90. The molecule has 0 aliphatic rings. The Bertz CT molecular complexity index is 185. The molecule has 16 heavy (non-hydrogen) atoms. The zero-order valence-electron chi connectivity index (χ0n) is 8.40. The molecule has 0 rings (SSSR count). The molecule has 0 heterocycles. The van der Waals surface area contributed by atoms with Crippen LogP contribution in [0.5, 0.6) is 0 Å². The maximum absolute atomic E-state index is 9.55. The van der Waals surface area contributed by atoms with Gasteiger partial charge in [-0.3, -0.25) is 19.2 Å². The lowest BCUT2D eigenvalue weighted by molar-refractivity contribution is -0.137. The Kier molecular flexibility index (Phi) is 24.9. The van der Waals surface area contributed by atoms with Crippen molar-refractivity contribution in [3.63, 3.8) is 0 Å². The normalized spacial score (nSPS) is 7.38. The summed E-state index contributed by atoms with van der Waals surface area (Å²) in [7, 11) is 0. The van der Waals surface area contributed by atoms with Gasteiger partial charge in [0.05, 0.1) is 12.8 Å². The zero-order valence-corrected chi connectivity index (χ0v) is 10.2. The van der Waals surface area contributed by atoms with Gasteiger partial charge in [0.1, 0.15) is 0 Å². The zero-order chi connectivity index (χ0) is 13.4. The molecule has 0 aromatic heterocycles. The molecule has 0 fully saturated rings. The average Bonchev–Trinajstić information content (AvgIpc) is 2.18. The van der Waals surface area contributed by atoms with Gasteiger partial charge in [0.25, 0.3) is 0 Å². The van der Waals surface area contributed by atoms with Crippen LogP contribution < -0.4 is 0 Å². The molecule has 6 nitrogen and oxygen atoms in total. The smallest absolute Gasteiger partial charge is 0.304 e. The summed E-state index contributed by atoms with van der Waals surface area (Å²) in [5.41, 5.74) is 0. The van der Waals surface area contributed by atoms with E-state index in [1.165, 1.54) is 0 Å². The Balaban J connectivity index is -0.000000162. The van der Waals surface area contributed by atoms with Gasteiger partial charge in [0.15, 0.2) is 12.6 Å². The van der Waals surface area contributed by atoms with Crippen molar-refractivity contribution < 1.29 is 29.4 Å². The third-order valence-corrected chi connectivity index (χ3v) is 1.15. The van der Waals surface area contributed by atoms with Crippen LogP contribution in [-0.4, -0.2) is 46.2 Å². The summed E-state index contributed by atoms with van der Waals surface area (Å²) < 4.78 is 0. The first-order valence-corrected chi connectivity index (χ1v) is 5.26. The number of aliphatic carboxylic acids is 2. The molecule has 0 aliphatic heterocycles. The van der Waals surface area contributed by atoms with Crippen LogP contribution in [0.15, 0.2) is 0 Å². The molecule has 2 N–H and O–H groups in total. The molecule has 0 saturated heterocycles. The van der Waals surface area contributed by atoms with E-state index < -0.39 is 11.9 Å². The van der Waals surface area contributed by atoms with Crippen LogP contribution in [0.1, 0.15) is 12.8 Å². The van der Waals surface area contributed by atoms with Crippen molar-refractivity contribution >= 4 is 49.8 Å². The number of hydrogen-bond donors (Lipinski definition) is 4. The molecule has 0 spiro atoms. The third-order valence-electron chi connectivity index (χ3n) is 0.707. The average molecular weight is 270 g/mol. The second kappa shape index (κ2) is 19.5. The van der Waals surface area contributed by atoms with Gasteiger partial charge in [-0.1, -0.05) is 0 Å². The first-order valence-electron chi connectivity index (χ1n) is 4.00. The van der Waals surface area contributed by atoms with E-state index >= 15 is 0 Å². The predicted molar refractivity (Wildman–Crippen MR) is 64.3 cm³/mol. The van der Waals surface area contributed by atoms with Crippen LogP contribution in [0.25, 0.3) is 0 Å². The maximum Gasteiger partial charge on any atom is 0.304 e. The van der Waals surface area contributed by atoms with Gasteiger partial charge in [-0.15, -0.1) is 0 Å². The molecule has 0 aromatic carbocycles. The van der Waals surface area contributed by atoms with Gasteiger partial charge in [0.2, 0.25) is 0 Å². The number of hydrogen-bond acceptors (Lipinski definition) is 6. The number of carbonyl (C=O) groups excluding carboxylic acids is 2. The van der Waals surface area contributed by atoms with Gasteiger partial charge >= 0.3 is 11.9 Å².